The van der Waals surface area contributed by atoms with Crippen LogP contribution in [0.1, 0.15) is 5.56 Å². The van der Waals surface area contributed by atoms with Gasteiger partial charge in [0, 0.05) is 11.2 Å². The lowest BCUT2D eigenvalue weighted by Gasteiger charge is -2.03. The molecule has 0 amide bonds. The van der Waals surface area contributed by atoms with Gasteiger partial charge in [-0.1, -0.05) is 60.1 Å². The molecule has 3 rings (SSSR count). The van der Waals surface area contributed by atoms with Crippen LogP contribution in [-0.4, -0.2) is 11.3 Å². The second kappa shape index (κ2) is 6.46. The van der Waals surface area contributed by atoms with Crippen LogP contribution in [0.5, 0.6) is 5.75 Å². The molecule has 0 atom stereocenters. The highest BCUT2D eigenvalue weighted by Crippen LogP contribution is 2.25. The Balaban J connectivity index is 1.81. The summed E-state index contributed by atoms with van der Waals surface area (Å²) in [7, 11) is 0. The van der Waals surface area contributed by atoms with E-state index in [9.17, 15) is 5.11 Å². The van der Waals surface area contributed by atoms with Crippen molar-refractivity contribution < 1.29 is 5.11 Å². The van der Waals surface area contributed by atoms with Crippen LogP contribution in [0.15, 0.2) is 77.8 Å². The maximum absolute atomic E-state index is 9.68. The highest BCUT2D eigenvalue weighted by Gasteiger charge is 1.99. The SMILES string of the molecule is Oc1ccccc1/N=C/c1ccc(-c2cccc(Cl)c2)cc1. The van der Waals surface area contributed by atoms with Crippen LogP contribution in [0, 0.1) is 0 Å². The minimum atomic E-state index is 0.175. The molecule has 3 aromatic carbocycles. The molecule has 0 bridgehead atoms. The van der Waals surface area contributed by atoms with Crippen molar-refractivity contribution in [3.05, 3.63) is 83.4 Å². The molecule has 3 heteroatoms. The van der Waals surface area contributed by atoms with E-state index < -0.39 is 0 Å². The van der Waals surface area contributed by atoms with E-state index in [2.05, 4.69) is 4.99 Å². The summed E-state index contributed by atoms with van der Waals surface area (Å²) in [5, 5.41) is 10.4. The van der Waals surface area contributed by atoms with E-state index in [1.165, 1.54) is 0 Å². The van der Waals surface area contributed by atoms with Gasteiger partial charge in [-0.25, -0.2) is 0 Å². The molecule has 2 nitrogen and oxygen atoms in total. The van der Waals surface area contributed by atoms with Crippen molar-refractivity contribution in [2.45, 2.75) is 0 Å². The Morgan fingerprint density at radius 3 is 2.32 bits per heavy atom. The molecule has 0 spiro atoms. The predicted molar refractivity (Wildman–Crippen MR) is 92.2 cm³/mol. The van der Waals surface area contributed by atoms with Gasteiger partial charge in [0.15, 0.2) is 0 Å². The number of hydrogen-bond donors (Lipinski definition) is 1. The van der Waals surface area contributed by atoms with E-state index in [0.717, 1.165) is 21.7 Å². The molecule has 0 aromatic heterocycles. The van der Waals surface area contributed by atoms with Crippen LogP contribution in [0.4, 0.5) is 5.69 Å². The number of hydrogen-bond acceptors (Lipinski definition) is 2. The molecule has 0 unspecified atom stereocenters. The Kier molecular flexibility index (Phi) is 4.22. The Hall–Kier alpha value is -2.58. The third-order valence-electron chi connectivity index (χ3n) is 3.30. The smallest absolute Gasteiger partial charge is 0.141 e. The lowest BCUT2D eigenvalue weighted by molar-refractivity contribution is 0.477. The number of para-hydroxylation sites is 2. The van der Waals surface area contributed by atoms with Crippen LogP contribution in [0.3, 0.4) is 0 Å². The quantitative estimate of drug-likeness (QED) is 0.640. The van der Waals surface area contributed by atoms with E-state index in [-0.39, 0.29) is 5.75 Å². The maximum Gasteiger partial charge on any atom is 0.141 e. The fourth-order valence-corrected chi connectivity index (χ4v) is 2.34. The van der Waals surface area contributed by atoms with Gasteiger partial charge < -0.3 is 5.11 Å². The predicted octanol–water partition coefficient (Wildman–Crippen LogP) is 5.46. The van der Waals surface area contributed by atoms with Gasteiger partial charge in [-0.15, -0.1) is 0 Å². The monoisotopic (exact) mass is 307 g/mol. The lowest BCUT2D eigenvalue weighted by atomic mass is 10.0. The average molecular weight is 308 g/mol. The molecule has 0 fully saturated rings. The summed E-state index contributed by atoms with van der Waals surface area (Å²) in [5.41, 5.74) is 3.70. The van der Waals surface area contributed by atoms with Gasteiger partial charge in [-0.2, -0.15) is 0 Å². The molecule has 0 heterocycles. The number of benzene rings is 3. The van der Waals surface area contributed by atoms with E-state index in [1.807, 2.05) is 54.6 Å². The average Bonchev–Trinajstić information content (AvgIpc) is 2.55. The minimum absolute atomic E-state index is 0.175. The zero-order valence-corrected chi connectivity index (χ0v) is 12.5. The van der Waals surface area contributed by atoms with Crippen molar-refractivity contribution in [3.63, 3.8) is 0 Å². The van der Waals surface area contributed by atoms with Crippen molar-refractivity contribution in [2.24, 2.45) is 4.99 Å². The van der Waals surface area contributed by atoms with Gasteiger partial charge in [0.1, 0.15) is 11.4 Å². The summed E-state index contributed by atoms with van der Waals surface area (Å²) in [4.78, 5) is 4.30. The molecule has 1 N–H and O–H groups in total. The zero-order valence-electron chi connectivity index (χ0n) is 11.8. The third-order valence-corrected chi connectivity index (χ3v) is 3.54. The lowest BCUT2D eigenvalue weighted by Crippen LogP contribution is -1.82. The fraction of sp³-hybridized carbons (Fsp3) is 0. The molecule has 0 aliphatic heterocycles. The van der Waals surface area contributed by atoms with Crippen LogP contribution in [0.25, 0.3) is 11.1 Å². The van der Waals surface area contributed by atoms with Crippen LogP contribution in [0.2, 0.25) is 5.02 Å². The van der Waals surface area contributed by atoms with Crippen molar-refractivity contribution >= 4 is 23.5 Å². The van der Waals surface area contributed by atoms with Crippen molar-refractivity contribution in [1.29, 1.82) is 0 Å². The van der Waals surface area contributed by atoms with Gasteiger partial charge in [0.2, 0.25) is 0 Å². The molecule has 3 aromatic rings. The van der Waals surface area contributed by atoms with Gasteiger partial charge in [0.25, 0.3) is 0 Å². The van der Waals surface area contributed by atoms with Gasteiger partial charge >= 0.3 is 0 Å². The van der Waals surface area contributed by atoms with Crippen molar-refractivity contribution in [2.75, 3.05) is 0 Å². The maximum atomic E-state index is 9.68. The van der Waals surface area contributed by atoms with Gasteiger partial charge in [-0.05, 0) is 41.0 Å². The first kappa shape index (κ1) is 14.4. The largest absolute Gasteiger partial charge is 0.506 e. The molecule has 0 saturated carbocycles. The number of phenolic OH excluding ortho intramolecular Hbond substituents is 1. The highest BCUT2D eigenvalue weighted by molar-refractivity contribution is 6.30. The van der Waals surface area contributed by atoms with E-state index in [1.54, 1.807) is 24.4 Å². The Morgan fingerprint density at radius 2 is 1.59 bits per heavy atom. The molecule has 108 valence electrons. The Labute approximate surface area is 134 Å². The number of aromatic hydroxyl groups is 1. The second-order valence-electron chi connectivity index (χ2n) is 4.88. The first-order valence-electron chi connectivity index (χ1n) is 6.90. The number of phenols is 1. The molecule has 0 radical (unpaired) electrons. The Bertz CT molecular complexity index is 810. The summed E-state index contributed by atoms with van der Waals surface area (Å²) in [6.45, 7) is 0. The standard InChI is InChI=1S/C19H14ClNO/c20-17-5-3-4-16(12-17)15-10-8-14(9-11-15)13-21-18-6-1-2-7-19(18)22/h1-13,22H/b21-13+. The van der Waals surface area contributed by atoms with Crippen LogP contribution in [-0.2, 0) is 0 Å². The fourth-order valence-electron chi connectivity index (χ4n) is 2.15. The molecule has 22 heavy (non-hydrogen) atoms. The topological polar surface area (TPSA) is 32.6 Å². The molecular formula is C19H14ClNO. The molecule has 0 aliphatic carbocycles. The minimum Gasteiger partial charge on any atom is -0.506 e. The molecule has 0 aliphatic rings. The first-order chi connectivity index (χ1) is 10.7. The zero-order chi connectivity index (χ0) is 15.4. The van der Waals surface area contributed by atoms with Crippen molar-refractivity contribution in [1.82, 2.24) is 0 Å². The Morgan fingerprint density at radius 1 is 0.818 bits per heavy atom. The van der Waals surface area contributed by atoms with E-state index >= 15 is 0 Å². The number of halogens is 1. The van der Waals surface area contributed by atoms with Crippen molar-refractivity contribution in [3.8, 4) is 16.9 Å². The van der Waals surface area contributed by atoms with Crippen LogP contribution < -0.4 is 0 Å². The van der Waals surface area contributed by atoms with E-state index in [4.69, 9.17) is 11.6 Å². The van der Waals surface area contributed by atoms with Gasteiger partial charge in [-0.3, -0.25) is 4.99 Å². The summed E-state index contributed by atoms with van der Waals surface area (Å²) in [6.07, 6.45) is 1.73. The third kappa shape index (κ3) is 3.35. The summed E-state index contributed by atoms with van der Waals surface area (Å²) in [6, 6.07) is 22.8. The summed E-state index contributed by atoms with van der Waals surface area (Å²) in [5.74, 6) is 0.175. The normalized spacial score (nSPS) is 11.0. The molecule has 0 saturated heterocycles. The van der Waals surface area contributed by atoms with Crippen LogP contribution >= 0.6 is 11.6 Å². The summed E-state index contributed by atoms with van der Waals surface area (Å²) < 4.78 is 0. The number of nitrogens with zero attached hydrogens (tertiary/aromatic N) is 1. The second-order valence-corrected chi connectivity index (χ2v) is 5.32. The number of aliphatic imine (C=N–C) groups is 1. The highest BCUT2D eigenvalue weighted by atomic mass is 35.5. The van der Waals surface area contributed by atoms with Gasteiger partial charge in [0.05, 0.1) is 0 Å². The summed E-state index contributed by atoms with van der Waals surface area (Å²) >= 11 is 6.01. The number of rotatable bonds is 3. The van der Waals surface area contributed by atoms with E-state index in [0.29, 0.717) is 5.69 Å². The molecular weight excluding hydrogens is 294 g/mol. The first-order valence-corrected chi connectivity index (χ1v) is 7.28.